The SMILES string of the molecule is O=C(NCc1cccnc1-c1ccco1)c1cc2ccccc2oc1=O. The number of furan rings is 1. The number of rotatable bonds is 4. The van der Waals surface area contributed by atoms with Gasteiger partial charge in [0.15, 0.2) is 5.76 Å². The van der Waals surface area contributed by atoms with Crippen LogP contribution in [0.5, 0.6) is 0 Å². The van der Waals surface area contributed by atoms with Crippen LogP contribution in [0.4, 0.5) is 0 Å². The smallest absolute Gasteiger partial charge is 0.349 e. The van der Waals surface area contributed by atoms with Crippen molar-refractivity contribution in [3.63, 3.8) is 0 Å². The number of benzene rings is 1. The standard InChI is InChI=1S/C20H14N2O4/c23-19(15-11-13-5-1-2-7-16(13)26-20(15)24)22-12-14-6-3-9-21-18(14)17-8-4-10-25-17/h1-11H,12H2,(H,22,23). The van der Waals surface area contributed by atoms with Gasteiger partial charge in [-0.2, -0.15) is 0 Å². The normalized spacial score (nSPS) is 10.8. The summed E-state index contributed by atoms with van der Waals surface area (Å²) in [5.74, 6) is 0.110. The van der Waals surface area contributed by atoms with Gasteiger partial charge in [-0.3, -0.25) is 9.78 Å². The molecule has 128 valence electrons. The summed E-state index contributed by atoms with van der Waals surface area (Å²) in [4.78, 5) is 28.9. The first kappa shape index (κ1) is 15.8. The number of carbonyl (C=O) groups is 1. The number of fused-ring (bicyclic) bond motifs is 1. The monoisotopic (exact) mass is 346 g/mol. The predicted molar refractivity (Wildman–Crippen MR) is 95.6 cm³/mol. The van der Waals surface area contributed by atoms with Crippen molar-refractivity contribution >= 4 is 16.9 Å². The molecule has 0 spiro atoms. The molecule has 1 aromatic carbocycles. The van der Waals surface area contributed by atoms with Gasteiger partial charge < -0.3 is 14.2 Å². The molecule has 26 heavy (non-hydrogen) atoms. The third kappa shape index (κ3) is 3.00. The Morgan fingerprint density at radius 3 is 2.81 bits per heavy atom. The fourth-order valence-electron chi connectivity index (χ4n) is 2.71. The van der Waals surface area contributed by atoms with Crippen molar-refractivity contribution in [2.24, 2.45) is 0 Å². The summed E-state index contributed by atoms with van der Waals surface area (Å²) in [6.07, 6.45) is 3.22. The highest BCUT2D eigenvalue weighted by Gasteiger charge is 2.15. The van der Waals surface area contributed by atoms with E-state index in [1.54, 1.807) is 48.9 Å². The van der Waals surface area contributed by atoms with Gasteiger partial charge >= 0.3 is 5.63 Å². The highest BCUT2D eigenvalue weighted by atomic mass is 16.4. The van der Waals surface area contributed by atoms with E-state index in [9.17, 15) is 9.59 Å². The highest BCUT2D eigenvalue weighted by Crippen LogP contribution is 2.21. The van der Waals surface area contributed by atoms with Crippen LogP contribution in [0.3, 0.4) is 0 Å². The quantitative estimate of drug-likeness (QED) is 0.573. The molecule has 0 saturated heterocycles. The Hall–Kier alpha value is -3.67. The highest BCUT2D eigenvalue weighted by molar-refractivity contribution is 5.96. The number of hydrogen-bond donors (Lipinski definition) is 1. The van der Waals surface area contributed by atoms with Crippen LogP contribution in [0.1, 0.15) is 15.9 Å². The molecule has 6 heteroatoms. The topological polar surface area (TPSA) is 85.3 Å². The van der Waals surface area contributed by atoms with Crippen molar-refractivity contribution in [3.05, 3.63) is 88.6 Å². The van der Waals surface area contributed by atoms with Crippen LogP contribution in [0.15, 0.2) is 80.7 Å². The molecule has 0 atom stereocenters. The second-order valence-electron chi connectivity index (χ2n) is 5.66. The molecule has 0 unspecified atom stereocenters. The zero-order chi connectivity index (χ0) is 17.9. The summed E-state index contributed by atoms with van der Waals surface area (Å²) < 4.78 is 10.6. The second kappa shape index (κ2) is 6.68. The largest absolute Gasteiger partial charge is 0.463 e. The van der Waals surface area contributed by atoms with Crippen LogP contribution >= 0.6 is 0 Å². The molecule has 0 saturated carbocycles. The van der Waals surface area contributed by atoms with Gasteiger partial charge in [0.25, 0.3) is 5.91 Å². The zero-order valence-corrected chi connectivity index (χ0v) is 13.6. The molecule has 0 fully saturated rings. The fraction of sp³-hybridized carbons (Fsp3) is 0.0500. The van der Waals surface area contributed by atoms with Gasteiger partial charge in [0.1, 0.15) is 16.8 Å². The minimum Gasteiger partial charge on any atom is -0.463 e. The van der Waals surface area contributed by atoms with E-state index in [1.807, 2.05) is 12.1 Å². The lowest BCUT2D eigenvalue weighted by molar-refractivity contribution is 0.0947. The Balaban J connectivity index is 1.59. The molecule has 0 bridgehead atoms. The molecule has 1 amide bonds. The van der Waals surface area contributed by atoms with E-state index in [1.165, 1.54) is 6.07 Å². The summed E-state index contributed by atoms with van der Waals surface area (Å²) in [6.45, 7) is 0.203. The van der Waals surface area contributed by atoms with Crippen LogP contribution in [0.2, 0.25) is 0 Å². The Labute approximate surface area is 148 Å². The maximum atomic E-state index is 12.5. The van der Waals surface area contributed by atoms with Gasteiger partial charge in [-0.15, -0.1) is 0 Å². The van der Waals surface area contributed by atoms with Crippen LogP contribution in [-0.2, 0) is 6.54 Å². The summed E-state index contributed by atoms with van der Waals surface area (Å²) >= 11 is 0. The fourth-order valence-corrected chi connectivity index (χ4v) is 2.71. The number of para-hydroxylation sites is 1. The van der Waals surface area contributed by atoms with E-state index < -0.39 is 11.5 Å². The number of aromatic nitrogens is 1. The van der Waals surface area contributed by atoms with Gasteiger partial charge in [0, 0.05) is 23.7 Å². The van der Waals surface area contributed by atoms with E-state index in [0.717, 1.165) is 5.56 Å². The van der Waals surface area contributed by atoms with E-state index >= 15 is 0 Å². The van der Waals surface area contributed by atoms with Gasteiger partial charge in [-0.1, -0.05) is 24.3 Å². The second-order valence-corrected chi connectivity index (χ2v) is 5.66. The minimum absolute atomic E-state index is 0.0351. The van der Waals surface area contributed by atoms with Crippen LogP contribution < -0.4 is 10.9 Å². The number of hydrogen-bond acceptors (Lipinski definition) is 5. The van der Waals surface area contributed by atoms with Gasteiger partial charge in [0.2, 0.25) is 0 Å². The molecule has 0 aliphatic rings. The molecule has 6 nitrogen and oxygen atoms in total. The van der Waals surface area contributed by atoms with Crippen LogP contribution in [0.25, 0.3) is 22.4 Å². The molecular weight excluding hydrogens is 332 g/mol. The molecule has 0 aliphatic heterocycles. The summed E-state index contributed by atoms with van der Waals surface area (Å²) in [5, 5.41) is 3.43. The van der Waals surface area contributed by atoms with Crippen molar-refractivity contribution in [3.8, 4) is 11.5 Å². The molecular formula is C20H14N2O4. The lowest BCUT2D eigenvalue weighted by Gasteiger charge is -2.08. The number of nitrogens with zero attached hydrogens (tertiary/aromatic N) is 1. The number of amides is 1. The third-order valence-electron chi connectivity index (χ3n) is 3.97. The Kier molecular flexibility index (Phi) is 4.07. The van der Waals surface area contributed by atoms with E-state index in [2.05, 4.69) is 10.3 Å². The third-order valence-corrected chi connectivity index (χ3v) is 3.97. The number of nitrogens with one attached hydrogen (secondary N) is 1. The van der Waals surface area contributed by atoms with Crippen molar-refractivity contribution in [1.29, 1.82) is 0 Å². The maximum Gasteiger partial charge on any atom is 0.349 e. The average molecular weight is 346 g/mol. The Bertz CT molecular complexity index is 1130. The van der Waals surface area contributed by atoms with Crippen LogP contribution in [0, 0.1) is 0 Å². The zero-order valence-electron chi connectivity index (χ0n) is 13.6. The van der Waals surface area contributed by atoms with Crippen molar-refractivity contribution in [2.45, 2.75) is 6.54 Å². The molecule has 0 radical (unpaired) electrons. The number of pyridine rings is 1. The van der Waals surface area contributed by atoms with E-state index in [0.29, 0.717) is 22.4 Å². The van der Waals surface area contributed by atoms with Gasteiger partial charge in [0.05, 0.1) is 6.26 Å². The molecule has 4 rings (SSSR count). The maximum absolute atomic E-state index is 12.5. The summed E-state index contributed by atoms with van der Waals surface area (Å²) in [5.41, 5.74) is 1.16. The first-order chi connectivity index (χ1) is 12.7. The van der Waals surface area contributed by atoms with Crippen molar-refractivity contribution < 1.29 is 13.6 Å². The predicted octanol–water partition coefficient (Wildman–Crippen LogP) is 3.38. The lowest BCUT2D eigenvalue weighted by Crippen LogP contribution is -2.28. The molecule has 1 N–H and O–H groups in total. The Morgan fingerprint density at radius 2 is 1.96 bits per heavy atom. The first-order valence-electron chi connectivity index (χ1n) is 8.01. The average Bonchev–Trinajstić information content (AvgIpc) is 3.20. The van der Waals surface area contributed by atoms with E-state index in [4.69, 9.17) is 8.83 Å². The first-order valence-corrected chi connectivity index (χ1v) is 8.01. The van der Waals surface area contributed by atoms with Crippen LogP contribution in [-0.4, -0.2) is 10.9 Å². The van der Waals surface area contributed by atoms with Gasteiger partial charge in [-0.05, 0) is 30.3 Å². The molecule has 3 heterocycles. The lowest BCUT2D eigenvalue weighted by atomic mass is 10.1. The molecule has 3 aromatic heterocycles. The summed E-state index contributed by atoms with van der Waals surface area (Å²) in [7, 11) is 0. The van der Waals surface area contributed by atoms with Gasteiger partial charge in [-0.25, -0.2) is 4.79 Å². The Morgan fingerprint density at radius 1 is 1.08 bits per heavy atom. The molecule has 0 aliphatic carbocycles. The van der Waals surface area contributed by atoms with Crippen molar-refractivity contribution in [2.75, 3.05) is 0 Å². The molecule has 4 aromatic rings. The summed E-state index contributed by atoms with van der Waals surface area (Å²) in [6, 6.07) is 15.8. The minimum atomic E-state index is -0.668. The van der Waals surface area contributed by atoms with E-state index in [-0.39, 0.29) is 12.1 Å². The number of carbonyl (C=O) groups excluding carboxylic acids is 1. The van der Waals surface area contributed by atoms with Crippen molar-refractivity contribution in [1.82, 2.24) is 10.3 Å².